The van der Waals surface area contributed by atoms with E-state index in [0.29, 0.717) is 5.82 Å². The second-order valence-electron chi connectivity index (χ2n) is 2.15. The minimum absolute atomic E-state index is 0.0968. The fraction of sp³-hybridized carbons (Fsp3) is 0.400. The van der Waals surface area contributed by atoms with Crippen LogP contribution in [0.4, 0.5) is 0 Å². The lowest BCUT2D eigenvalue weighted by Gasteiger charge is -2.00. The van der Waals surface area contributed by atoms with Crippen LogP contribution in [0.25, 0.3) is 0 Å². The van der Waals surface area contributed by atoms with Crippen molar-refractivity contribution < 1.29 is 24.3 Å². The van der Waals surface area contributed by atoms with Gasteiger partial charge in [0.2, 0.25) is 0 Å². The van der Waals surface area contributed by atoms with Gasteiger partial charge in [0.05, 0.1) is 0 Å². The fourth-order valence-corrected chi connectivity index (χ4v) is 0.842. The molecule has 6 nitrogen and oxygen atoms in total. The molecule has 0 fully saturated rings. The highest BCUT2D eigenvalue weighted by atomic mass is 31.2. The normalized spacial score (nSPS) is 14.9. The summed E-state index contributed by atoms with van der Waals surface area (Å²) in [5.74, 6) is -0.569. The van der Waals surface area contributed by atoms with Crippen molar-refractivity contribution in [3.8, 4) is 0 Å². The summed E-state index contributed by atoms with van der Waals surface area (Å²) >= 11 is 0. The second-order valence-corrected chi connectivity index (χ2v) is 3.63. The summed E-state index contributed by atoms with van der Waals surface area (Å²) in [5, 5.41) is 8.26. The average molecular weight is 195 g/mol. The van der Waals surface area contributed by atoms with E-state index in [9.17, 15) is 9.36 Å². The molecular formula is C5H10NO5P. The minimum atomic E-state index is -4.18. The van der Waals surface area contributed by atoms with Crippen LogP contribution in [-0.2, 0) is 9.36 Å². The molecule has 5 N–H and O–H groups in total. The van der Waals surface area contributed by atoms with Crippen molar-refractivity contribution in [2.75, 3.05) is 0 Å². The number of nitrogens with two attached hydrogens (primary N) is 1. The first-order chi connectivity index (χ1) is 5.33. The third kappa shape index (κ3) is 6.06. The van der Waals surface area contributed by atoms with Crippen molar-refractivity contribution in [3.63, 3.8) is 0 Å². The number of aliphatic carboxylic acids is 1. The quantitative estimate of drug-likeness (QED) is 0.448. The number of carboxylic acid groups (broad SMARTS) is 1. The molecule has 0 rings (SSSR count). The highest BCUT2D eigenvalue weighted by Gasteiger charge is 2.10. The van der Waals surface area contributed by atoms with Crippen molar-refractivity contribution >= 4 is 13.6 Å². The topological polar surface area (TPSA) is 121 Å². The third-order valence-corrected chi connectivity index (χ3v) is 1.61. The van der Waals surface area contributed by atoms with Gasteiger partial charge in [-0.1, -0.05) is 6.08 Å². The lowest BCUT2D eigenvalue weighted by atomic mass is 10.2. The van der Waals surface area contributed by atoms with Crippen molar-refractivity contribution in [1.82, 2.24) is 0 Å². The number of rotatable bonds is 4. The highest BCUT2D eigenvalue weighted by molar-refractivity contribution is 7.55. The van der Waals surface area contributed by atoms with Crippen LogP contribution in [0.15, 0.2) is 11.9 Å². The van der Waals surface area contributed by atoms with E-state index in [1.807, 2.05) is 0 Å². The molecular weight excluding hydrogens is 185 g/mol. The van der Waals surface area contributed by atoms with Crippen LogP contribution in [0.2, 0.25) is 0 Å². The van der Waals surface area contributed by atoms with Crippen LogP contribution < -0.4 is 5.73 Å². The SMILES string of the molecule is N[C@H](C/C=C\P(=O)(O)O)C(=O)O. The van der Waals surface area contributed by atoms with Crippen molar-refractivity contribution in [3.05, 3.63) is 11.9 Å². The number of carbonyl (C=O) groups is 1. The van der Waals surface area contributed by atoms with Gasteiger partial charge in [0.25, 0.3) is 0 Å². The molecule has 0 saturated carbocycles. The van der Waals surface area contributed by atoms with Gasteiger partial charge in [0.1, 0.15) is 6.04 Å². The molecule has 70 valence electrons. The lowest BCUT2D eigenvalue weighted by molar-refractivity contribution is -0.138. The van der Waals surface area contributed by atoms with Crippen LogP contribution in [0.5, 0.6) is 0 Å². The second kappa shape index (κ2) is 4.37. The Bertz CT molecular complexity index is 232. The number of hydrogen-bond donors (Lipinski definition) is 4. The molecule has 0 saturated heterocycles. The Balaban J connectivity index is 3.92. The monoisotopic (exact) mass is 195 g/mol. The number of hydrogen-bond acceptors (Lipinski definition) is 3. The van der Waals surface area contributed by atoms with E-state index in [1.165, 1.54) is 0 Å². The Kier molecular flexibility index (Phi) is 4.12. The van der Waals surface area contributed by atoms with Gasteiger partial charge in [0, 0.05) is 5.82 Å². The van der Waals surface area contributed by atoms with Crippen LogP contribution in [-0.4, -0.2) is 26.9 Å². The summed E-state index contributed by atoms with van der Waals surface area (Å²) in [6, 6.07) is -1.12. The first-order valence-corrected chi connectivity index (χ1v) is 4.72. The molecule has 0 aromatic heterocycles. The molecule has 0 aliphatic rings. The third-order valence-electron chi connectivity index (χ3n) is 1.01. The predicted molar refractivity (Wildman–Crippen MR) is 41.4 cm³/mol. The summed E-state index contributed by atoms with van der Waals surface area (Å²) in [6.07, 6.45) is 0.958. The first kappa shape index (κ1) is 11.3. The standard InChI is InChI=1S/C5H10NO5P/c6-4(5(7)8)2-1-3-12(9,10)11/h1,3-4H,2,6H2,(H,7,8)(H2,9,10,11)/b3-1-/t4-/m1/s1. The van der Waals surface area contributed by atoms with E-state index in [4.69, 9.17) is 20.6 Å². The molecule has 0 aliphatic heterocycles. The molecule has 1 atom stereocenters. The largest absolute Gasteiger partial charge is 0.480 e. The summed E-state index contributed by atoms with van der Waals surface area (Å²) in [4.78, 5) is 26.7. The summed E-state index contributed by atoms with van der Waals surface area (Å²) in [5.41, 5.74) is 5.04. The summed E-state index contributed by atoms with van der Waals surface area (Å²) in [6.45, 7) is 0. The molecule has 0 unspecified atom stereocenters. The van der Waals surface area contributed by atoms with Crippen LogP contribution >= 0.6 is 7.60 Å². The molecule has 7 heteroatoms. The molecule has 0 spiro atoms. The Morgan fingerprint density at radius 2 is 2.08 bits per heavy atom. The summed E-state index contributed by atoms with van der Waals surface area (Å²) < 4.78 is 10.2. The van der Waals surface area contributed by atoms with E-state index in [-0.39, 0.29) is 6.42 Å². The minimum Gasteiger partial charge on any atom is -0.480 e. The molecule has 0 bridgehead atoms. The average Bonchev–Trinajstić information content (AvgIpc) is 1.84. The van der Waals surface area contributed by atoms with Gasteiger partial charge in [-0.25, -0.2) is 0 Å². The predicted octanol–water partition coefficient (Wildman–Crippen LogP) is -0.520. The molecule has 12 heavy (non-hydrogen) atoms. The molecule has 0 heterocycles. The zero-order valence-electron chi connectivity index (χ0n) is 6.12. The maximum Gasteiger partial charge on any atom is 0.348 e. The Morgan fingerprint density at radius 1 is 1.58 bits per heavy atom. The molecule has 0 radical (unpaired) electrons. The maximum atomic E-state index is 10.2. The van der Waals surface area contributed by atoms with Gasteiger partial charge >= 0.3 is 13.6 Å². The van der Waals surface area contributed by atoms with Gasteiger partial charge < -0.3 is 20.6 Å². The molecule has 0 aromatic carbocycles. The summed E-state index contributed by atoms with van der Waals surface area (Å²) in [7, 11) is -4.18. The van der Waals surface area contributed by atoms with E-state index < -0.39 is 19.6 Å². The number of carboxylic acids is 1. The van der Waals surface area contributed by atoms with Crippen LogP contribution in [0.3, 0.4) is 0 Å². The Labute approximate surface area is 68.9 Å². The Morgan fingerprint density at radius 3 is 2.42 bits per heavy atom. The first-order valence-electron chi connectivity index (χ1n) is 3.04. The molecule has 0 aromatic rings. The maximum absolute atomic E-state index is 10.2. The molecule has 0 aliphatic carbocycles. The van der Waals surface area contributed by atoms with E-state index >= 15 is 0 Å². The Hall–Kier alpha value is -0.680. The zero-order valence-corrected chi connectivity index (χ0v) is 7.02. The van der Waals surface area contributed by atoms with Crippen LogP contribution in [0.1, 0.15) is 6.42 Å². The lowest BCUT2D eigenvalue weighted by Crippen LogP contribution is -2.29. The van der Waals surface area contributed by atoms with Crippen molar-refractivity contribution in [2.24, 2.45) is 5.73 Å². The van der Waals surface area contributed by atoms with Gasteiger partial charge in [-0.05, 0) is 6.42 Å². The zero-order chi connectivity index (χ0) is 9.78. The van der Waals surface area contributed by atoms with Gasteiger partial charge in [-0.15, -0.1) is 0 Å². The van der Waals surface area contributed by atoms with Gasteiger partial charge in [-0.2, -0.15) is 0 Å². The van der Waals surface area contributed by atoms with Crippen molar-refractivity contribution in [2.45, 2.75) is 12.5 Å². The molecule has 0 amide bonds. The van der Waals surface area contributed by atoms with E-state index in [1.54, 1.807) is 0 Å². The smallest absolute Gasteiger partial charge is 0.348 e. The fourth-order valence-electron chi connectivity index (χ4n) is 0.446. The van der Waals surface area contributed by atoms with E-state index in [0.717, 1.165) is 6.08 Å². The van der Waals surface area contributed by atoms with E-state index in [2.05, 4.69) is 0 Å². The van der Waals surface area contributed by atoms with Crippen LogP contribution in [0, 0.1) is 0 Å². The van der Waals surface area contributed by atoms with Gasteiger partial charge in [-0.3, -0.25) is 9.36 Å². The van der Waals surface area contributed by atoms with Crippen molar-refractivity contribution in [1.29, 1.82) is 0 Å². The highest BCUT2D eigenvalue weighted by Crippen LogP contribution is 2.35. The van der Waals surface area contributed by atoms with Gasteiger partial charge in [0.15, 0.2) is 0 Å².